The molecular formula is C22H17BrN4O2. The summed E-state index contributed by atoms with van der Waals surface area (Å²) in [5, 5.41) is 0.949. The van der Waals surface area contributed by atoms with Crippen molar-refractivity contribution < 1.29 is 9.53 Å². The van der Waals surface area contributed by atoms with E-state index in [1.165, 1.54) is 0 Å². The fraction of sp³-hybridized carbons (Fsp3) is 0.136. The number of methoxy groups -OCH3 is 1. The first-order valence-corrected chi connectivity index (χ1v) is 9.95. The minimum absolute atomic E-state index is 0.0586. The minimum Gasteiger partial charge on any atom is -0.497 e. The molecule has 144 valence electrons. The first-order chi connectivity index (χ1) is 14.1. The van der Waals surface area contributed by atoms with Gasteiger partial charge in [-0.15, -0.1) is 0 Å². The van der Waals surface area contributed by atoms with Crippen molar-refractivity contribution in [2.24, 2.45) is 0 Å². The minimum atomic E-state index is 0.0586. The average Bonchev–Trinajstić information content (AvgIpc) is 3.25. The smallest absolute Gasteiger partial charge is 0.254 e. The Labute approximate surface area is 175 Å². The Morgan fingerprint density at radius 1 is 1.17 bits per heavy atom. The number of rotatable bonds is 4. The highest BCUT2D eigenvalue weighted by atomic mass is 79.9. The molecule has 0 fully saturated rings. The van der Waals surface area contributed by atoms with Crippen LogP contribution in [-0.2, 0) is 13.1 Å². The summed E-state index contributed by atoms with van der Waals surface area (Å²) in [5.41, 5.74) is 4.65. The Morgan fingerprint density at radius 3 is 2.79 bits per heavy atom. The molecule has 0 atom stereocenters. The van der Waals surface area contributed by atoms with Crippen molar-refractivity contribution in [1.29, 1.82) is 0 Å². The maximum atomic E-state index is 12.9. The van der Waals surface area contributed by atoms with Crippen LogP contribution in [0.4, 0.5) is 0 Å². The summed E-state index contributed by atoms with van der Waals surface area (Å²) >= 11 is 3.57. The van der Waals surface area contributed by atoms with E-state index in [1.54, 1.807) is 19.6 Å². The van der Waals surface area contributed by atoms with Crippen LogP contribution in [0, 0.1) is 0 Å². The van der Waals surface area contributed by atoms with E-state index in [1.807, 2.05) is 52.1 Å². The average molecular weight is 449 g/mol. The van der Waals surface area contributed by atoms with Gasteiger partial charge in [-0.2, -0.15) is 0 Å². The van der Waals surface area contributed by atoms with E-state index in [-0.39, 0.29) is 5.91 Å². The van der Waals surface area contributed by atoms with Crippen molar-refractivity contribution in [3.05, 3.63) is 82.3 Å². The van der Waals surface area contributed by atoms with Crippen molar-refractivity contribution in [2.45, 2.75) is 13.1 Å². The molecule has 0 spiro atoms. The zero-order valence-electron chi connectivity index (χ0n) is 15.7. The number of aromatic nitrogens is 3. The molecule has 6 nitrogen and oxygen atoms in total. The lowest BCUT2D eigenvalue weighted by Gasteiger charge is -2.15. The third kappa shape index (κ3) is 3.07. The van der Waals surface area contributed by atoms with Gasteiger partial charge in [-0.05, 0) is 57.4 Å². The molecular weight excluding hydrogens is 432 g/mol. The number of ether oxygens (including phenoxy) is 1. The van der Waals surface area contributed by atoms with Gasteiger partial charge >= 0.3 is 0 Å². The molecule has 2 aromatic carbocycles. The Hall–Kier alpha value is -3.19. The van der Waals surface area contributed by atoms with E-state index in [0.717, 1.165) is 43.6 Å². The van der Waals surface area contributed by atoms with Gasteiger partial charge in [0.05, 0.1) is 12.5 Å². The summed E-state index contributed by atoms with van der Waals surface area (Å²) in [4.78, 5) is 23.2. The molecule has 1 amide bonds. The topological polar surface area (TPSA) is 60.2 Å². The number of carbonyl (C=O) groups excluding carboxylic acids is 1. The lowest BCUT2D eigenvalue weighted by atomic mass is 10.1. The van der Waals surface area contributed by atoms with Crippen molar-refractivity contribution in [3.8, 4) is 11.4 Å². The monoisotopic (exact) mass is 448 g/mol. The zero-order chi connectivity index (χ0) is 20.0. The number of fused-ring (bicyclic) bond motifs is 2. The van der Waals surface area contributed by atoms with E-state index in [4.69, 9.17) is 4.74 Å². The van der Waals surface area contributed by atoms with Crippen molar-refractivity contribution in [3.63, 3.8) is 0 Å². The fourth-order valence-electron chi connectivity index (χ4n) is 3.72. The number of nitrogens with zero attached hydrogens (tertiary/aromatic N) is 4. The molecule has 0 saturated heterocycles. The van der Waals surface area contributed by atoms with Crippen LogP contribution in [0.25, 0.3) is 16.7 Å². The highest BCUT2D eigenvalue weighted by molar-refractivity contribution is 9.10. The van der Waals surface area contributed by atoms with Gasteiger partial charge in [0.2, 0.25) is 0 Å². The molecule has 2 aromatic heterocycles. The lowest BCUT2D eigenvalue weighted by Crippen LogP contribution is -2.23. The molecule has 29 heavy (non-hydrogen) atoms. The second-order valence-electron chi connectivity index (χ2n) is 6.96. The van der Waals surface area contributed by atoms with Crippen LogP contribution in [0.15, 0.2) is 65.7 Å². The second kappa shape index (κ2) is 7.00. The van der Waals surface area contributed by atoms with E-state index in [2.05, 4.69) is 32.0 Å². The first kappa shape index (κ1) is 17.9. The Bertz CT molecular complexity index is 1230. The summed E-state index contributed by atoms with van der Waals surface area (Å²) in [7, 11) is 1.64. The molecule has 0 saturated carbocycles. The standard InChI is InChI=1S/C22H17BrN4O2/c1-29-17-5-2-14(3-6-17)10-26-11-15-8-16(4-7-18(15)22(26)28)27-12-20(23)19-9-24-13-25-21(19)27/h2-9,12-13H,10-11H2,1H3. The summed E-state index contributed by atoms with van der Waals surface area (Å²) in [6.45, 7) is 1.15. The first-order valence-electron chi connectivity index (χ1n) is 9.16. The van der Waals surface area contributed by atoms with Gasteiger partial charge in [-0.1, -0.05) is 12.1 Å². The Morgan fingerprint density at radius 2 is 2.00 bits per heavy atom. The van der Waals surface area contributed by atoms with Gasteiger partial charge in [0, 0.05) is 41.2 Å². The largest absolute Gasteiger partial charge is 0.497 e. The molecule has 0 bridgehead atoms. The van der Waals surface area contributed by atoms with E-state index in [9.17, 15) is 4.79 Å². The zero-order valence-corrected chi connectivity index (χ0v) is 17.3. The third-order valence-electron chi connectivity index (χ3n) is 5.20. The number of hydrogen-bond acceptors (Lipinski definition) is 4. The number of amides is 1. The van der Waals surface area contributed by atoms with Crippen LogP contribution < -0.4 is 4.74 Å². The normalized spacial score (nSPS) is 13.2. The maximum absolute atomic E-state index is 12.9. The summed E-state index contributed by atoms with van der Waals surface area (Å²) in [6.07, 6.45) is 5.31. The summed E-state index contributed by atoms with van der Waals surface area (Å²) < 4.78 is 8.15. The van der Waals surface area contributed by atoms with Crippen LogP contribution in [0.2, 0.25) is 0 Å². The molecule has 0 aliphatic carbocycles. The number of carbonyl (C=O) groups is 1. The fourth-order valence-corrected chi connectivity index (χ4v) is 4.21. The number of hydrogen-bond donors (Lipinski definition) is 0. The predicted molar refractivity (Wildman–Crippen MR) is 113 cm³/mol. The third-order valence-corrected chi connectivity index (χ3v) is 5.83. The van der Waals surface area contributed by atoms with Gasteiger partial charge in [0.25, 0.3) is 5.91 Å². The van der Waals surface area contributed by atoms with E-state index < -0.39 is 0 Å². The van der Waals surface area contributed by atoms with Gasteiger partial charge in [-0.3, -0.25) is 4.79 Å². The van der Waals surface area contributed by atoms with Crippen molar-refractivity contribution >= 4 is 32.9 Å². The Kier molecular flexibility index (Phi) is 4.32. The van der Waals surface area contributed by atoms with Crippen molar-refractivity contribution in [1.82, 2.24) is 19.4 Å². The highest BCUT2D eigenvalue weighted by Crippen LogP contribution is 2.30. The van der Waals surface area contributed by atoms with Gasteiger partial charge in [0.1, 0.15) is 17.7 Å². The SMILES string of the molecule is COc1ccc(CN2Cc3cc(-n4cc(Br)c5cncnc54)ccc3C2=O)cc1. The van der Waals surface area contributed by atoms with Crippen molar-refractivity contribution in [2.75, 3.05) is 7.11 Å². The van der Waals surface area contributed by atoms with Crippen LogP contribution >= 0.6 is 15.9 Å². The summed E-state index contributed by atoms with van der Waals surface area (Å²) in [6, 6.07) is 13.7. The number of halogens is 1. The van der Waals surface area contributed by atoms with E-state index in [0.29, 0.717) is 13.1 Å². The highest BCUT2D eigenvalue weighted by Gasteiger charge is 2.27. The molecule has 5 rings (SSSR count). The molecule has 7 heteroatoms. The van der Waals surface area contributed by atoms with Crippen LogP contribution in [-0.4, -0.2) is 32.5 Å². The number of benzene rings is 2. The molecule has 4 aromatic rings. The second-order valence-corrected chi connectivity index (χ2v) is 7.81. The maximum Gasteiger partial charge on any atom is 0.254 e. The van der Waals surface area contributed by atoms with Crippen LogP contribution in [0.3, 0.4) is 0 Å². The van der Waals surface area contributed by atoms with Crippen LogP contribution in [0.1, 0.15) is 21.5 Å². The molecule has 0 N–H and O–H groups in total. The lowest BCUT2D eigenvalue weighted by molar-refractivity contribution is 0.0766. The van der Waals surface area contributed by atoms with Gasteiger partial charge < -0.3 is 14.2 Å². The van der Waals surface area contributed by atoms with Gasteiger partial charge in [-0.25, -0.2) is 9.97 Å². The quantitative estimate of drug-likeness (QED) is 0.465. The van der Waals surface area contributed by atoms with Gasteiger partial charge in [0.15, 0.2) is 0 Å². The molecule has 0 unspecified atom stereocenters. The summed E-state index contributed by atoms with van der Waals surface area (Å²) in [5.74, 6) is 0.867. The Balaban J connectivity index is 1.45. The predicted octanol–water partition coefficient (Wildman–Crippen LogP) is 4.35. The molecule has 3 heterocycles. The van der Waals surface area contributed by atoms with E-state index >= 15 is 0 Å². The molecule has 0 radical (unpaired) electrons. The molecule has 1 aliphatic rings. The molecule has 1 aliphatic heterocycles. The van der Waals surface area contributed by atoms with Crippen LogP contribution in [0.5, 0.6) is 5.75 Å².